The number of carbonyl (C=O) groups excluding carboxylic acids is 2. The van der Waals surface area contributed by atoms with E-state index >= 15 is 0 Å². The van der Waals surface area contributed by atoms with Crippen molar-refractivity contribution in [2.45, 2.75) is 6.92 Å². The van der Waals surface area contributed by atoms with Crippen LogP contribution in [0.4, 0.5) is 4.79 Å². The second kappa shape index (κ2) is 7.44. The number of rotatable bonds is 5. The Morgan fingerprint density at radius 3 is 2.44 bits per heavy atom. The monoisotopic (exact) mass is 355 g/mol. The van der Waals surface area contributed by atoms with Gasteiger partial charge in [0, 0.05) is 0 Å². The summed E-state index contributed by atoms with van der Waals surface area (Å²) < 4.78 is 5.58. The predicted octanol–water partition coefficient (Wildman–Crippen LogP) is 3.82. The Labute approximate surface area is 149 Å². The lowest BCUT2D eigenvalue weighted by Crippen LogP contribution is -2.32. The standard InChI is InChI=1S/C19H17NO4S/c1-13-2-8-16(9-3-13)24-11-10-20-18(22)17(25-19(20)23)12-14-4-6-15(21)7-5-14/h2-9,12,21H,10-11H2,1H3/b17-12-. The minimum atomic E-state index is -0.324. The maximum atomic E-state index is 12.4. The number of nitrogens with zero attached hydrogens (tertiary/aromatic N) is 1. The number of aryl methyl sites for hydroxylation is 1. The van der Waals surface area contributed by atoms with Gasteiger partial charge in [0.2, 0.25) is 0 Å². The molecule has 2 aromatic carbocycles. The number of thioether (sulfide) groups is 1. The minimum absolute atomic E-state index is 0.151. The van der Waals surface area contributed by atoms with Gasteiger partial charge in [0.15, 0.2) is 0 Å². The van der Waals surface area contributed by atoms with Gasteiger partial charge in [-0.25, -0.2) is 0 Å². The van der Waals surface area contributed by atoms with Crippen molar-refractivity contribution < 1.29 is 19.4 Å². The van der Waals surface area contributed by atoms with E-state index in [1.54, 1.807) is 18.2 Å². The smallest absolute Gasteiger partial charge is 0.293 e. The van der Waals surface area contributed by atoms with Gasteiger partial charge in [-0.1, -0.05) is 29.8 Å². The highest BCUT2D eigenvalue weighted by Crippen LogP contribution is 2.32. The number of aromatic hydroxyl groups is 1. The minimum Gasteiger partial charge on any atom is -0.508 e. The number of imide groups is 1. The highest BCUT2D eigenvalue weighted by molar-refractivity contribution is 8.18. The SMILES string of the molecule is Cc1ccc(OCCN2C(=O)S/C(=C\c3ccc(O)cc3)C2=O)cc1. The fraction of sp³-hybridized carbons (Fsp3) is 0.158. The molecule has 0 unspecified atom stereocenters. The number of amides is 2. The molecule has 0 radical (unpaired) electrons. The summed E-state index contributed by atoms with van der Waals surface area (Å²) in [7, 11) is 0. The molecule has 5 nitrogen and oxygen atoms in total. The van der Waals surface area contributed by atoms with E-state index in [0.717, 1.165) is 22.9 Å². The van der Waals surface area contributed by atoms with Crippen LogP contribution in [0.25, 0.3) is 6.08 Å². The molecule has 1 saturated heterocycles. The third-order valence-electron chi connectivity index (χ3n) is 3.67. The molecule has 2 amide bonds. The Bertz CT molecular complexity index is 812. The number of phenolic OH excluding ortho intramolecular Hbond substituents is 1. The third kappa shape index (κ3) is 4.22. The molecule has 0 spiro atoms. The van der Waals surface area contributed by atoms with Gasteiger partial charge in [-0.05, 0) is 54.6 Å². The normalized spacial score (nSPS) is 15.9. The molecular weight excluding hydrogens is 338 g/mol. The lowest BCUT2D eigenvalue weighted by Gasteiger charge is -2.13. The van der Waals surface area contributed by atoms with E-state index in [-0.39, 0.29) is 30.0 Å². The largest absolute Gasteiger partial charge is 0.508 e. The molecule has 2 aromatic rings. The summed E-state index contributed by atoms with van der Waals surface area (Å²) in [6.45, 7) is 2.43. The van der Waals surface area contributed by atoms with Crippen molar-refractivity contribution >= 4 is 29.0 Å². The molecule has 1 aliphatic rings. The number of hydrogen-bond donors (Lipinski definition) is 1. The van der Waals surface area contributed by atoms with E-state index in [4.69, 9.17) is 4.74 Å². The zero-order valence-corrected chi connectivity index (χ0v) is 14.5. The molecule has 0 saturated carbocycles. The summed E-state index contributed by atoms with van der Waals surface area (Å²) in [6, 6.07) is 14.0. The van der Waals surface area contributed by atoms with Crippen molar-refractivity contribution in [2.75, 3.05) is 13.2 Å². The highest BCUT2D eigenvalue weighted by atomic mass is 32.2. The van der Waals surface area contributed by atoms with Gasteiger partial charge in [-0.15, -0.1) is 0 Å². The van der Waals surface area contributed by atoms with Crippen LogP contribution in [0.3, 0.4) is 0 Å². The molecule has 6 heteroatoms. The van der Waals surface area contributed by atoms with Crippen LogP contribution in [0.2, 0.25) is 0 Å². The molecule has 1 fully saturated rings. The summed E-state index contributed by atoms with van der Waals surface area (Å²) >= 11 is 0.910. The molecule has 1 aliphatic heterocycles. The quantitative estimate of drug-likeness (QED) is 0.826. The van der Waals surface area contributed by atoms with Gasteiger partial charge < -0.3 is 9.84 Å². The Kier molecular flexibility index (Phi) is 5.09. The van der Waals surface area contributed by atoms with Crippen LogP contribution in [0.5, 0.6) is 11.5 Å². The maximum absolute atomic E-state index is 12.4. The molecular formula is C19H17NO4S. The second-order valence-electron chi connectivity index (χ2n) is 5.59. The average molecular weight is 355 g/mol. The molecule has 128 valence electrons. The van der Waals surface area contributed by atoms with E-state index in [1.807, 2.05) is 31.2 Å². The Morgan fingerprint density at radius 2 is 1.76 bits per heavy atom. The van der Waals surface area contributed by atoms with Crippen molar-refractivity contribution in [3.05, 3.63) is 64.6 Å². The molecule has 0 atom stereocenters. The summed E-state index contributed by atoms with van der Waals surface area (Å²) in [4.78, 5) is 26.0. The fourth-order valence-corrected chi connectivity index (χ4v) is 3.17. The van der Waals surface area contributed by atoms with E-state index in [9.17, 15) is 14.7 Å². The number of benzene rings is 2. The highest BCUT2D eigenvalue weighted by Gasteiger charge is 2.34. The number of ether oxygens (including phenoxy) is 1. The van der Waals surface area contributed by atoms with E-state index in [1.165, 1.54) is 17.0 Å². The van der Waals surface area contributed by atoms with Crippen LogP contribution in [-0.4, -0.2) is 34.3 Å². The Hall–Kier alpha value is -2.73. The van der Waals surface area contributed by atoms with Crippen LogP contribution < -0.4 is 4.74 Å². The average Bonchev–Trinajstić information content (AvgIpc) is 2.86. The molecule has 0 bridgehead atoms. The van der Waals surface area contributed by atoms with Crippen LogP contribution in [0.15, 0.2) is 53.4 Å². The van der Waals surface area contributed by atoms with Crippen LogP contribution in [0, 0.1) is 6.92 Å². The van der Waals surface area contributed by atoms with Crippen LogP contribution in [-0.2, 0) is 4.79 Å². The van der Waals surface area contributed by atoms with Crippen molar-refractivity contribution in [1.29, 1.82) is 0 Å². The Balaban J connectivity index is 1.61. The number of phenols is 1. The first-order chi connectivity index (χ1) is 12.0. The third-order valence-corrected chi connectivity index (χ3v) is 4.58. The summed E-state index contributed by atoms with van der Waals surface area (Å²) in [5.41, 5.74) is 1.89. The molecule has 25 heavy (non-hydrogen) atoms. The van der Waals surface area contributed by atoms with Crippen molar-refractivity contribution in [3.63, 3.8) is 0 Å². The first-order valence-electron chi connectivity index (χ1n) is 7.77. The van der Waals surface area contributed by atoms with Crippen molar-refractivity contribution in [3.8, 4) is 11.5 Å². The van der Waals surface area contributed by atoms with E-state index < -0.39 is 0 Å². The van der Waals surface area contributed by atoms with Crippen LogP contribution in [0.1, 0.15) is 11.1 Å². The lowest BCUT2D eigenvalue weighted by atomic mass is 10.2. The topological polar surface area (TPSA) is 66.8 Å². The lowest BCUT2D eigenvalue weighted by molar-refractivity contribution is -0.123. The van der Waals surface area contributed by atoms with Gasteiger partial charge in [0.25, 0.3) is 11.1 Å². The van der Waals surface area contributed by atoms with Gasteiger partial charge in [-0.2, -0.15) is 0 Å². The first kappa shape index (κ1) is 17.1. The van der Waals surface area contributed by atoms with Crippen LogP contribution >= 0.6 is 11.8 Å². The second-order valence-corrected chi connectivity index (χ2v) is 6.58. The Morgan fingerprint density at radius 1 is 1.08 bits per heavy atom. The fourth-order valence-electron chi connectivity index (χ4n) is 2.30. The van der Waals surface area contributed by atoms with E-state index in [2.05, 4.69) is 0 Å². The van der Waals surface area contributed by atoms with Crippen molar-refractivity contribution in [2.24, 2.45) is 0 Å². The number of carbonyl (C=O) groups is 2. The molecule has 0 aromatic heterocycles. The summed E-state index contributed by atoms with van der Waals surface area (Å²) in [5.74, 6) is 0.534. The van der Waals surface area contributed by atoms with Crippen molar-refractivity contribution in [1.82, 2.24) is 4.90 Å². The molecule has 1 N–H and O–H groups in total. The van der Waals surface area contributed by atoms with Gasteiger partial charge >= 0.3 is 0 Å². The van der Waals surface area contributed by atoms with E-state index in [0.29, 0.717) is 10.7 Å². The van der Waals surface area contributed by atoms with Gasteiger partial charge in [-0.3, -0.25) is 14.5 Å². The molecule has 1 heterocycles. The zero-order chi connectivity index (χ0) is 17.8. The summed E-state index contributed by atoms with van der Waals surface area (Å²) in [6.07, 6.45) is 1.64. The number of hydrogen-bond acceptors (Lipinski definition) is 5. The summed E-state index contributed by atoms with van der Waals surface area (Å²) in [5, 5.41) is 8.99. The molecule has 0 aliphatic carbocycles. The van der Waals surface area contributed by atoms with Gasteiger partial charge in [0.05, 0.1) is 11.4 Å². The molecule has 3 rings (SSSR count). The predicted molar refractivity (Wildman–Crippen MR) is 97.5 cm³/mol. The zero-order valence-electron chi connectivity index (χ0n) is 13.6. The first-order valence-corrected chi connectivity index (χ1v) is 8.58. The maximum Gasteiger partial charge on any atom is 0.293 e. The van der Waals surface area contributed by atoms with Gasteiger partial charge in [0.1, 0.15) is 18.1 Å².